The first-order chi connectivity index (χ1) is 9.33. The predicted octanol–water partition coefficient (Wildman–Crippen LogP) is 2.85. The molecule has 0 saturated carbocycles. The van der Waals surface area contributed by atoms with Crippen LogP contribution in [0.15, 0.2) is 33.8 Å². The first kappa shape index (κ1) is 15.1. The molecule has 0 radical (unpaired) electrons. The predicted molar refractivity (Wildman–Crippen MR) is 82.3 cm³/mol. The average Bonchev–Trinajstić information content (AvgIpc) is 2.71. The molecule has 20 heavy (non-hydrogen) atoms. The Kier molecular flexibility index (Phi) is 4.19. The second-order valence-electron chi connectivity index (χ2n) is 4.56. The van der Waals surface area contributed by atoms with Crippen molar-refractivity contribution in [1.29, 1.82) is 0 Å². The molecule has 108 valence electrons. The topological polar surface area (TPSA) is 64.0 Å². The Balaban J connectivity index is 2.43. The molecular weight excluding hydrogens is 342 g/mol. The van der Waals surface area contributed by atoms with Crippen LogP contribution >= 0.6 is 15.9 Å². The van der Waals surface area contributed by atoms with E-state index in [1.54, 1.807) is 30.1 Å². The van der Waals surface area contributed by atoms with Crippen molar-refractivity contribution in [2.45, 2.75) is 25.2 Å². The molecule has 0 atom stereocenters. The molecule has 2 rings (SSSR count). The van der Waals surface area contributed by atoms with Crippen molar-refractivity contribution < 1.29 is 8.42 Å². The Morgan fingerprint density at radius 2 is 2.10 bits per heavy atom. The number of nitrogens with one attached hydrogen (secondary N) is 1. The molecule has 0 aliphatic rings. The number of aromatic nitrogens is 2. The number of anilines is 1. The van der Waals surface area contributed by atoms with Gasteiger partial charge in [-0.2, -0.15) is 5.10 Å². The lowest BCUT2D eigenvalue weighted by atomic mass is 10.2. The zero-order chi connectivity index (χ0) is 14.9. The van der Waals surface area contributed by atoms with Crippen molar-refractivity contribution in [1.82, 2.24) is 9.78 Å². The van der Waals surface area contributed by atoms with Gasteiger partial charge in [-0.25, -0.2) is 8.42 Å². The molecule has 7 heteroatoms. The number of rotatable bonds is 4. The Bertz CT molecular complexity index is 738. The lowest BCUT2D eigenvalue weighted by Gasteiger charge is -2.09. The molecule has 0 aliphatic carbocycles. The fourth-order valence-electron chi connectivity index (χ4n) is 1.90. The Morgan fingerprint density at radius 3 is 2.75 bits per heavy atom. The van der Waals surface area contributed by atoms with E-state index in [1.807, 2.05) is 19.9 Å². The minimum absolute atomic E-state index is 0.225. The maximum absolute atomic E-state index is 12.5. The fraction of sp³-hybridized carbons (Fsp3) is 0.308. The normalized spacial score (nSPS) is 11.6. The molecular formula is C13H16BrN3O2S. The first-order valence-electron chi connectivity index (χ1n) is 6.15. The smallest absolute Gasteiger partial charge is 0.263 e. The van der Waals surface area contributed by atoms with Crippen molar-refractivity contribution in [2.24, 2.45) is 7.05 Å². The Labute approximate surface area is 127 Å². The summed E-state index contributed by atoms with van der Waals surface area (Å²) in [7, 11) is -1.87. The quantitative estimate of drug-likeness (QED) is 0.914. The van der Waals surface area contributed by atoms with E-state index in [0.717, 1.165) is 11.3 Å². The summed E-state index contributed by atoms with van der Waals surface area (Å²) in [5.41, 5.74) is 2.12. The van der Waals surface area contributed by atoms with Gasteiger partial charge in [0.05, 0.1) is 11.4 Å². The van der Waals surface area contributed by atoms with E-state index < -0.39 is 10.0 Å². The summed E-state index contributed by atoms with van der Waals surface area (Å²) in [6, 6.07) is 5.22. The van der Waals surface area contributed by atoms with Gasteiger partial charge in [0, 0.05) is 17.7 Å². The van der Waals surface area contributed by atoms with Crippen LogP contribution in [-0.2, 0) is 23.5 Å². The van der Waals surface area contributed by atoms with Crippen LogP contribution in [0.3, 0.4) is 0 Å². The molecule has 1 heterocycles. The fourth-order valence-corrected chi connectivity index (χ4v) is 4.02. The van der Waals surface area contributed by atoms with E-state index in [1.165, 1.54) is 0 Å². The van der Waals surface area contributed by atoms with E-state index in [0.29, 0.717) is 16.6 Å². The van der Waals surface area contributed by atoms with Crippen LogP contribution in [0.4, 0.5) is 5.69 Å². The summed E-state index contributed by atoms with van der Waals surface area (Å²) in [6.07, 6.45) is 2.33. The maximum Gasteiger partial charge on any atom is 0.263 e. The Morgan fingerprint density at radius 1 is 1.40 bits per heavy atom. The first-order valence-corrected chi connectivity index (χ1v) is 8.42. The van der Waals surface area contributed by atoms with Crippen LogP contribution in [0.2, 0.25) is 0 Å². The molecule has 5 nitrogen and oxygen atoms in total. The summed E-state index contributed by atoms with van der Waals surface area (Å²) < 4.78 is 29.7. The second-order valence-corrected chi connectivity index (χ2v) is 7.06. The van der Waals surface area contributed by atoms with Crippen molar-refractivity contribution in [2.75, 3.05) is 4.72 Å². The number of nitrogens with zero attached hydrogens (tertiary/aromatic N) is 2. The highest BCUT2D eigenvalue weighted by atomic mass is 79.9. The summed E-state index contributed by atoms with van der Waals surface area (Å²) in [4.78, 5) is 0.225. The molecule has 0 amide bonds. The zero-order valence-electron chi connectivity index (χ0n) is 11.5. The monoisotopic (exact) mass is 357 g/mol. The number of aryl methyl sites for hydroxylation is 3. The highest BCUT2D eigenvalue weighted by Gasteiger charge is 2.20. The van der Waals surface area contributed by atoms with Gasteiger partial charge in [-0.3, -0.25) is 9.40 Å². The third kappa shape index (κ3) is 3.04. The van der Waals surface area contributed by atoms with E-state index in [2.05, 4.69) is 25.8 Å². The molecule has 1 aromatic heterocycles. The Hall–Kier alpha value is -1.34. The van der Waals surface area contributed by atoms with Crippen LogP contribution in [0, 0.1) is 6.92 Å². The minimum atomic E-state index is -3.64. The molecule has 0 spiro atoms. The molecule has 0 fully saturated rings. The van der Waals surface area contributed by atoms with Crippen molar-refractivity contribution in [3.63, 3.8) is 0 Å². The maximum atomic E-state index is 12.5. The van der Waals surface area contributed by atoms with Gasteiger partial charge in [0.15, 0.2) is 0 Å². The SMILES string of the molecule is CCc1nn(C)cc1NS(=O)(=O)c1cc(C)ccc1Br. The number of halogens is 1. The van der Waals surface area contributed by atoms with Crippen LogP contribution in [-0.4, -0.2) is 18.2 Å². The third-order valence-corrected chi connectivity index (χ3v) is 5.22. The molecule has 1 N–H and O–H groups in total. The van der Waals surface area contributed by atoms with Gasteiger partial charge in [-0.15, -0.1) is 0 Å². The second kappa shape index (κ2) is 5.57. The van der Waals surface area contributed by atoms with Gasteiger partial charge >= 0.3 is 0 Å². The zero-order valence-corrected chi connectivity index (χ0v) is 13.9. The highest BCUT2D eigenvalue weighted by molar-refractivity contribution is 9.10. The van der Waals surface area contributed by atoms with Gasteiger partial charge in [0.2, 0.25) is 0 Å². The van der Waals surface area contributed by atoms with Gasteiger partial charge in [-0.05, 0) is 47.0 Å². The van der Waals surface area contributed by atoms with E-state index >= 15 is 0 Å². The van der Waals surface area contributed by atoms with Crippen LogP contribution in [0.25, 0.3) is 0 Å². The summed E-state index contributed by atoms with van der Waals surface area (Å²) >= 11 is 3.28. The van der Waals surface area contributed by atoms with Crippen LogP contribution < -0.4 is 4.72 Å². The molecule has 2 aromatic rings. The van der Waals surface area contributed by atoms with Gasteiger partial charge in [0.1, 0.15) is 4.90 Å². The van der Waals surface area contributed by atoms with Crippen molar-refractivity contribution in [3.05, 3.63) is 40.1 Å². The van der Waals surface area contributed by atoms with Crippen molar-refractivity contribution >= 4 is 31.6 Å². The minimum Gasteiger partial charge on any atom is -0.276 e. The number of sulfonamides is 1. The van der Waals surface area contributed by atoms with E-state index in [-0.39, 0.29) is 4.90 Å². The van der Waals surface area contributed by atoms with E-state index in [4.69, 9.17) is 0 Å². The lowest BCUT2D eigenvalue weighted by molar-refractivity contribution is 0.600. The van der Waals surface area contributed by atoms with Crippen LogP contribution in [0.1, 0.15) is 18.2 Å². The molecule has 0 saturated heterocycles. The van der Waals surface area contributed by atoms with Gasteiger partial charge in [0.25, 0.3) is 10.0 Å². The highest BCUT2D eigenvalue weighted by Crippen LogP contribution is 2.26. The third-order valence-electron chi connectivity index (χ3n) is 2.86. The summed E-state index contributed by atoms with van der Waals surface area (Å²) in [5, 5.41) is 4.22. The summed E-state index contributed by atoms with van der Waals surface area (Å²) in [6.45, 7) is 3.79. The average molecular weight is 358 g/mol. The molecule has 0 unspecified atom stereocenters. The largest absolute Gasteiger partial charge is 0.276 e. The molecule has 0 aliphatic heterocycles. The molecule has 0 bridgehead atoms. The van der Waals surface area contributed by atoms with Crippen LogP contribution in [0.5, 0.6) is 0 Å². The van der Waals surface area contributed by atoms with Crippen molar-refractivity contribution in [3.8, 4) is 0 Å². The van der Waals surface area contributed by atoms with E-state index in [9.17, 15) is 8.42 Å². The standard InChI is InChI=1S/C13H16BrN3O2S/c1-4-11-12(8-17(3)15-11)16-20(18,19)13-7-9(2)5-6-10(13)14/h5-8,16H,4H2,1-3H3. The molecule has 1 aromatic carbocycles. The lowest BCUT2D eigenvalue weighted by Crippen LogP contribution is -2.14. The summed E-state index contributed by atoms with van der Waals surface area (Å²) in [5.74, 6) is 0. The van der Waals surface area contributed by atoms with Gasteiger partial charge < -0.3 is 0 Å². The van der Waals surface area contributed by atoms with Gasteiger partial charge in [-0.1, -0.05) is 13.0 Å². The number of hydrogen-bond acceptors (Lipinski definition) is 3. The number of benzene rings is 1. The number of hydrogen-bond donors (Lipinski definition) is 1.